The number of fused-ring (bicyclic) bond motifs is 1. The van der Waals surface area contributed by atoms with E-state index in [-0.39, 0.29) is 11.4 Å². The van der Waals surface area contributed by atoms with Crippen LogP contribution in [0.1, 0.15) is 21.6 Å². The second-order valence-electron chi connectivity index (χ2n) is 3.58. The first-order valence-corrected chi connectivity index (χ1v) is 4.56. The minimum Gasteiger partial charge on any atom is -0.506 e. The predicted octanol–water partition coefficient (Wildman–Crippen LogP) is 2.19. The van der Waals surface area contributed by atoms with Crippen molar-refractivity contribution in [3.63, 3.8) is 0 Å². The van der Waals surface area contributed by atoms with Gasteiger partial charge in [-0.05, 0) is 31.0 Å². The lowest BCUT2D eigenvalue weighted by Crippen LogP contribution is -1.98. The van der Waals surface area contributed by atoms with Gasteiger partial charge in [-0.25, -0.2) is 4.79 Å². The largest absolute Gasteiger partial charge is 0.506 e. The van der Waals surface area contributed by atoms with Gasteiger partial charge in [-0.15, -0.1) is 0 Å². The zero-order valence-electron chi connectivity index (χ0n) is 8.46. The maximum absolute atomic E-state index is 10.9. The fourth-order valence-corrected chi connectivity index (χ4v) is 1.86. The molecule has 0 aliphatic heterocycles. The van der Waals surface area contributed by atoms with Crippen molar-refractivity contribution in [1.29, 1.82) is 0 Å². The fraction of sp³-hybridized carbons (Fsp3) is 0.182. The third kappa shape index (κ3) is 1.26. The number of carboxylic acid groups (broad SMARTS) is 1. The van der Waals surface area contributed by atoms with Gasteiger partial charge in [-0.1, -0.05) is 6.07 Å². The summed E-state index contributed by atoms with van der Waals surface area (Å²) in [5.41, 5.74) is 2.23. The number of aromatic nitrogens is 1. The SMILES string of the molecule is Cc1ccc(O)c2[nH]c(C(=O)O)c(C)c12. The number of benzene rings is 1. The predicted molar refractivity (Wildman–Crippen MR) is 56.4 cm³/mol. The van der Waals surface area contributed by atoms with E-state index in [1.54, 1.807) is 19.1 Å². The average molecular weight is 205 g/mol. The second kappa shape index (κ2) is 3.02. The van der Waals surface area contributed by atoms with Crippen LogP contribution in [0.25, 0.3) is 10.9 Å². The summed E-state index contributed by atoms with van der Waals surface area (Å²) in [6.07, 6.45) is 0. The summed E-state index contributed by atoms with van der Waals surface area (Å²) in [5.74, 6) is -0.936. The summed E-state index contributed by atoms with van der Waals surface area (Å²) in [4.78, 5) is 13.6. The molecule has 78 valence electrons. The van der Waals surface area contributed by atoms with Crippen LogP contribution >= 0.6 is 0 Å². The van der Waals surface area contributed by atoms with E-state index in [2.05, 4.69) is 4.98 Å². The van der Waals surface area contributed by atoms with Crippen LogP contribution in [0, 0.1) is 13.8 Å². The van der Waals surface area contributed by atoms with E-state index in [1.165, 1.54) is 0 Å². The van der Waals surface area contributed by atoms with Gasteiger partial charge in [-0.3, -0.25) is 0 Å². The quantitative estimate of drug-likeness (QED) is 0.668. The highest BCUT2D eigenvalue weighted by molar-refractivity contribution is 6.00. The molecule has 0 spiro atoms. The van der Waals surface area contributed by atoms with Crippen LogP contribution < -0.4 is 0 Å². The van der Waals surface area contributed by atoms with Crippen molar-refractivity contribution in [3.05, 3.63) is 29.0 Å². The number of aromatic carboxylic acids is 1. The molecule has 1 aromatic heterocycles. The van der Waals surface area contributed by atoms with Gasteiger partial charge in [0.25, 0.3) is 0 Å². The number of H-pyrrole nitrogens is 1. The normalized spacial score (nSPS) is 10.8. The van der Waals surface area contributed by atoms with Gasteiger partial charge in [0.15, 0.2) is 0 Å². The number of phenolic OH excluding ortho intramolecular Hbond substituents is 1. The smallest absolute Gasteiger partial charge is 0.352 e. The van der Waals surface area contributed by atoms with Gasteiger partial charge in [-0.2, -0.15) is 0 Å². The lowest BCUT2D eigenvalue weighted by Gasteiger charge is -1.99. The Morgan fingerprint density at radius 1 is 1.33 bits per heavy atom. The van der Waals surface area contributed by atoms with Crippen molar-refractivity contribution in [1.82, 2.24) is 4.98 Å². The highest BCUT2D eigenvalue weighted by atomic mass is 16.4. The monoisotopic (exact) mass is 205 g/mol. The standard InChI is InChI=1S/C11H11NO3/c1-5-3-4-7(13)10-8(5)6(2)9(12-10)11(14)15/h3-4,12-13H,1-2H3,(H,14,15). The summed E-state index contributed by atoms with van der Waals surface area (Å²) in [6, 6.07) is 3.32. The molecule has 0 bridgehead atoms. The van der Waals surface area contributed by atoms with Crippen molar-refractivity contribution >= 4 is 16.9 Å². The Bertz CT molecular complexity index is 554. The Labute approximate surface area is 86.2 Å². The molecule has 3 N–H and O–H groups in total. The zero-order chi connectivity index (χ0) is 11.2. The van der Waals surface area contributed by atoms with E-state index in [9.17, 15) is 9.90 Å². The van der Waals surface area contributed by atoms with E-state index in [0.717, 1.165) is 10.9 Å². The number of hydrogen-bond acceptors (Lipinski definition) is 2. The number of phenols is 1. The first-order chi connectivity index (χ1) is 7.02. The summed E-state index contributed by atoms with van der Waals surface area (Å²) in [6.45, 7) is 3.61. The minimum atomic E-state index is -1.01. The summed E-state index contributed by atoms with van der Waals surface area (Å²) < 4.78 is 0. The Morgan fingerprint density at radius 2 is 2.00 bits per heavy atom. The number of aromatic amines is 1. The number of aryl methyl sites for hydroxylation is 2. The Kier molecular flexibility index (Phi) is 1.93. The molecule has 2 aromatic rings. The summed E-state index contributed by atoms with van der Waals surface area (Å²) >= 11 is 0. The van der Waals surface area contributed by atoms with E-state index < -0.39 is 5.97 Å². The van der Waals surface area contributed by atoms with Gasteiger partial charge in [0, 0.05) is 5.39 Å². The Morgan fingerprint density at radius 3 is 2.53 bits per heavy atom. The van der Waals surface area contributed by atoms with E-state index >= 15 is 0 Å². The lowest BCUT2D eigenvalue weighted by atomic mass is 10.1. The number of rotatable bonds is 1. The van der Waals surface area contributed by atoms with Crippen LogP contribution in [-0.4, -0.2) is 21.2 Å². The highest BCUT2D eigenvalue weighted by Crippen LogP contribution is 2.31. The van der Waals surface area contributed by atoms with Crippen LogP contribution in [0.4, 0.5) is 0 Å². The van der Waals surface area contributed by atoms with Crippen LogP contribution in [-0.2, 0) is 0 Å². The molecule has 0 radical (unpaired) electrons. The highest BCUT2D eigenvalue weighted by Gasteiger charge is 2.16. The van der Waals surface area contributed by atoms with Crippen LogP contribution in [0.2, 0.25) is 0 Å². The van der Waals surface area contributed by atoms with Gasteiger partial charge in [0.2, 0.25) is 0 Å². The van der Waals surface area contributed by atoms with Crippen LogP contribution in [0.15, 0.2) is 12.1 Å². The third-order valence-corrected chi connectivity index (χ3v) is 2.61. The van der Waals surface area contributed by atoms with Crippen LogP contribution in [0.5, 0.6) is 5.75 Å². The first-order valence-electron chi connectivity index (χ1n) is 4.56. The molecule has 0 aliphatic carbocycles. The topological polar surface area (TPSA) is 73.3 Å². The molecule has 4 heteroatoms. The molecule has 15 heavy (non-hydrogen) atoms. The fourth-order valence-electron chi connectivity index (χ4n) is 1.86. The molecule has 1 heterocycles. The molecule has 4 nitrogen and oxygen atoms in total. The molecular formula is C11H11NO3. The Hall–Kier alpha value is -1.97. The summed E-state index contributed by atoms with van der Waals surface area (Å²) in [7, 11) is 0. The van der Waals surface area contributed by atoms with Crippen molar-refractivity contribution in [2.45, 2.75) is 13.8 Å². The van der Waals surface area contributed by atoms with E-state index in [0.29, 0.717) is 11.1 Å². The van der Waals surface area contributed by atoms with Crippen molar-refractivity contribution in [2.75, 3.05) is 0 Å². The maximum atomic E-state index is 10.9. The number of aromatic hydroxyl groups is 1. The molecule has 2 rings (SSSR count). The molecule has 0 saturated heterocycles. The molecular weight excluding hydrogens is 194 g/mol. The van der Waals surface area contributed by atoms with Crippen molar-refractivity contribution in [3.8, 4) is 5.75 Å². The van der Waals surface area contributed by atoms with Gasteiger partial charge >= 0.3 is 5.97 Å². The molecule has 0 atom stereocenters. The maximum Gasteiger partial charge on any atom is 0.352 e. The molecule has 0 aliphatic rings. The van der Waals surface area contributed by atoms with Gasteiger partial charge in [0.1, 0.15) is 11.4 Å². The third-order valence-electron chi connectivity index (χ3n) is 2.61. The average Bonchev–Trinajstić information content (AvgIpc) is 2.51. The molecule has 0 saturated carbocycles. The van der Waals surface area contributed by atoms with Crippen molar-refractivity contribution in [2.24, 2.45) is 0 Å². The van der Waals surface area contributed by atoms with Gasteiger partial charge < -0.3 is 15.2 Å². The lowest BCUT2D eigenvalue weighted by molar-refractivity contribution is 0.0691. The molecule has 0 amide bonds. The number of carboxylic acids is 1. The minimum absolute atomic E-state index is 0.0752. The van der Waals surface area contributed by atoms with Crippen LogP contribution in [0.3, 0.4) is 0 Å². The Balaban J connectivity index is 2.93. The first kappa shape index (κ1) is 9.58. The summed E-state index contributed by atoms with van der Waals surface area (Å²) in [5, 5.41) is 19.3. The number of nitrogens with one attached hydrogen (secondary N) is 1. The zero-order valence-corrected chi connectivity index (χ0v) is 8.46. The molecule has 1 aromatic carbocycles. The van der Waals surface area contributed by atoms with E-state index in [4.69, 9.17) is 5.11 Å². The van der Waals surface area contributed by atoms with E-state index in [1.807, 2.05) is 6.92 Å². The number of carbonyl (C=O) groups is 1. The molecule has 0 unspecified atom stereocenters. The second-order valence-corrected chi connectivity index (χ2v) is 3.58. The number of hydrogen-bond donors (Lipinski definition) is 3. The van der Waals surface area contributed by atoms with Crippen molar-refractivity contribution < 1.29 is 15.0 Å². The molecule has 0 fully saturated rings. The van der Waals surface area contributed by atoms with Gasteiger partial charge in [0.05, 0.1) is 5.52 Å².